The molecule has 0 bridgehead atoms. The van der Waals surface area contributed by atoms with Gasteiger partial charge in [0.1, 0.15) is 0 Å². The molecule has 0 saturated carbocycles. The fourth-order valence-electron chi connectivity index (χ4n) is 1.36. The van der Waals surface area contributed by atoms with Crippen molar-refractivity contribution in [1.29, 1.82) is 0 Å². The third kappa shape index (κ3) is 8.83. The maximum absolute atomic E-state index is 11.8. The average molecular weight is 310 g/mol. The molecule has 1 amide bonds. The Morgan fingerprint density at radius 2 is 1.95 bits per heavy atom. The summed E-state index contributed by atoms with van der Waals surface area (Å²) in [7, 11) is -0.750. The number of ether oxygens (including phenoxy) is 1. The van der Waals surface area contributed by atoms with Crippen LogP contribution in [0.4, 0.5) is 0 Å². The van der Waals surface area contributed by atoms with Crippen molar-refractivity contribution in [3.8, 4) is 0 Å². The summed E-state index contributed by atoms with van der Waals surface area (Å²) in [4.78, 5) is 21.8. The van der Waals surface area contributed by atoms with E-state index in [1.165, 1.54) is 7.05 Å². The van der Waals surface area contributed by atoms with E-state index in [1.54, 1.807) is 7.11 Å². The predicted octanol–water partition coefficient (Wildman–Crippen LogP) is -0.734. The van der Waals surface area contributed by atoms with Gasteiger partial charge in [-0.05, 0) is 12.8 Å². The number of nitrogens with zero attached hydrogens (tertiary/aromatic N) is 1. The van der Waals surface area contributed by atoms with E-state index in [0.29, 0.717) is 19.6 Å². The molecule has 0 aliphatic heterocycles. The van der Waals surface area contributed by atoms with E-state index in [1.807, 2.05) is 0 Å². The van der Waals surface area contributed by atoms with Gasteiger partial charge in [0.15, 0.2) is 0 Å². The summed E-state index contributed by atoms with van der Waals surface area (Å²) in [5.41, 5.74) is 0. The predicted molar refractivity (Wildman–Crippen MR) is 72.8 cm³/mol. The SMILES string of the molecule is COCCCNC(=O)CN(C)S(=O)(=O)CCCC(=O)O. The Morgan fingerprint density at radius 3 is 2.50 bits per heavy atom. The van der Waals surface area contributed by atoms with Gasteiger partial charge < -0.3 is 15.2 Å². The number of carboxylic acids is 1. The second-order valence-corrected chi connectivity index (χ2v) is 6.46. The molecule has 118 valence electrons. The lowest BCUT2D eigenvalue weighted by Crippen LogP contribution is -2.39. The summed E-state index contributed by atoms with van der Waals surface area (Å²) >= 11 is 0. The molecule has 0 fully saturated rings. The van der Waals surface area contributed by atoms with Gasteiger partial charge in [0.25, 0.3) is 0 Å². The average Bonchev–Trinajstić information content (AvgIpc) is 2.33. The van der Waals surface area contributed by atoms with Crippen LogP contribution < -0.4 is 5.32 Å². The summed E-state index contributed by atoms with van der Waals surface area (Å²) in [6, 6.07) is 0. The van der Waals surface area contributed by atoms with Gasteiger partial charge in [0, 0.05) is 33.7 Å². The van der Waals surface area contributed by atoms with Crippen molar-refractivity contribution in [1.82, 2.24) is 9.62 Å². The second kappa shape index (κ2) is 9.67. The van der Waals surface area contributed by atoms with Crippen LogP contribution in [0.15, 0.2) is 0 Å². The molecular formula is C11H22N2O6S. The molecule has 0 atom stereocenters. The molecule has 8 nitrogen and oxygen atoms in total. The lowest BCUT2D eigenvalue weighted by Gasteiger charge is -2.16. The monoisotopic (exact) mass is 310 g/mol. The maximum Gasteiger partial charge on any atom is 0.303 e. The van der Waals surface area contributed by atoms with E-state index in [0.717, 1.165) is 4.31 Å². The lowest BCUT2D eigenvalue weighted by atomic mass is 10.3. The van der Waals surface area contributed by atoms with Crippen LogP contribution in [-0.2, 0) is 24.3 Å². The second-order valence-electron chi connectivity index (χ2n) is 4.27. The molecule has 0 aliphatic rings. The molecule has 0 heterocycles. The van der Waals surface area contributed by atoms with E-state index < -0.39 is 21.9 Å². The fraction of sp³-hybridized carbons (Fsp3) is 0.818. The highest BCUT2D eigenvalue weighted by Crippen LogP contribution is 2.02. The third-order valence-electron chi connectivity index (χ3n) is 2.48. The van der Waals surface area contributed by atoms with Gasteiger partial charge in [-0.3, -0.25) is 9.59 Å². The minimum absolute atomic E-state index is 0.0253. The van der Waals surface area contributed by atoms with Crippen LogP contribution in [0.3, 0.4) is 0 Å². The molecule has 0 aliphatic carbocycles. The van der Waals surface area contributed by atoms with Crippen molar-refractivity contribution in [2.24, 2.45) is 0 Å². The molecule has 0 rings (SSSR count). The largest absolute Gasteiger partial charge is 0.481 e. The van der Waals surface area contributed by atoms with E-state index in [9.17, 15) is 18.0 Å². The number of carbonyl (C=O) groups excluding carboxylic acids is 1. The van der Waals surface area contributed by atoms with Gasteiger partial charge in [-0.25, -0.2) is 8.42 Å². The molecule has 0 radical (unpaired) electrons. The van der Waals surface area contributed by atoms with Crippen molar-refractivity contribution >= 4 is 21.9 Å². The molecule has 0 saturated heterocycles. The topological polar surface area (TPSA) is 113 Å². The van der Waals surface area contributed by atoms with Crippen molar-refractivity contribution in [2.75, 3.05) is 39.6 Å². The number of sulfonamides is 1. The summed E-state index contributed by atoms with van der Waals surface area (Å²) in [6.45, 7) is 0.658. The molecule has 0 spiro atoms. The highest BCUT2D eigenvalue weighted by Gasteiger charge is 2.20. The van der Waals surface area contributed by atoms with Crippen LogP contribution in [0.1, 0.15) is 19.3 Å². The van der Waals surface area contributed by atoms with Crippen LogP contribution in [-0.4, -0.2) is 69.3 Å². The van der Waals surface area contributed by atoms with Crippen molar-refractivity contribution in [3.05, 3.63) is 0 Å². The quantitative estimate of drug-likeness (QED) is 0.486. The smallest absolute Gasteiger partial charge is 0.303 e. The fourth-order valence-corrected chi connectivity index (χ4v) is 2.50. The number of amides is 1. The number of likely N-dealkylation sites (N-methyl/N-ethyl adjacent to an activating group) is 1. The molecule has 9 heteroatoms. The number of hydrogen-bond acceptors (Lipinski definition) is 5. The molecule has 2 N–H and O–H groups in total. The normalized spacial score (nSPS) is 11.6. The molecule has 0 aromatic carbocycles. The number of nitrogens with one attached hydrogen (secondary N) is 1. The summed E-state index contributed by atoms with van der Waals surface area (Å²) in [5, 5.41) is 11.0. The first-order chi connectivity index (χ1) is 9.29. The van der Waals surface area contributed by atoms with E-state index in [2.05, 4.69) is 5.32 Å². The first kappa shape index (κ1) is 18.8. The summed E-state index contributed by atoms with van der Waals surface area (Å²) in [6.07, 6.45) is 0.463. The number of rotatable bonds is 11. The third-order valence-corrected chi connectivity index (χ3v) is 4.36. The standard InChI is InChI=1S/C11H22N2O6S/c1-13(9-10(14)12-6-4-7-19-2)20(17,18)8-3-5-11(15)16/h3-9H2,1-2H3,(H,12,14)(H,15,16). The Morgan fingerprint density at radius 1 is 1.30 bits per heavy atom. The Kier molecular flexibility index (Phi) is 9.10. The van der Waals surface area contributed by atoms with E-state index in [-0.39, 0.29) is 25.1 Å². The first-order valence-corrected chi connectivity index (χ1v) is 7.82. The zero-order valence-electron chi connectivity index (χ0n) is 11.8. The van der Waals surface area contributed by atoms with E-state index >= 15 is 0 Å². The zero-order valence-corrected chi connectivity index (χ0v) is 12.6. The highest BCUT2D eigenvalue weighted by atomic mass is 32.2. The first-order valence-electron chi connectivity index (χ1n) is 6.21. The molecule has 0 aromatic heterocycles. The zero-order chi connectivity index (χ0) is 15.6. The maximum atomic E-state index is 11.8. The van der Waals surface area contributed by atoms with Crippen molar-refractivity contribution in [2.45, 2.75) is 19.3 Å². The van der Waals surface area contributed by atoms with Crippen LogP contribution in [0.25, 0.3) is 0 Å². The number of hydrogen-bond donors (Lipinski definition) is 2. The van der Waals surface area contributed by atoms with E-state index in [4.69, 9.17) is 9.84 Å². The van der Waals surface area contributed by atoms with Gasteiger partial charge in [0.05, 0.1) is 12.3 Å². The van der Waals surface area contributed by atoms with Crippen LogP contribution in [0.5, 0.6) is 0 Å². The van der Waals surface area contributed by atoms with Gasteiger partial charge in [-0.15, -0.1) is 0 Å². The van der Waals surface area contributed by atoms with Crippen LogP contribution in [0.2, 0.25) is 0 Å². The Labute approximate surface area is 119 Å². The highest BCUT2D eigenvalue weighted by molar-refractivity contribution is 7.89. The minimum atomic E-state index is -3.60. The number of carboxylic acid groups (broad SMARTS) is 1. The number of methoxy groups -OCH3 is 1. The minimum Gasteiger partial charge on any atom is -0.481 e. The Hall–Kier alpha value is -1.19. The summed E-state index contributed by atoms with van der Waals surface area (Å²) in [5.74, 6) is -1.73. The molecule has 20 heavy (non-hydrogen) atoms. The lowest BCUT2D eigenvalue weighted by molar-refractivity contribution is -0.137. The molecule has 0 unspecified atom stereocenters. The number of carbonyl (C=O) groups is 2. The molecular weight excluding hydrogens is 288 g/mol. The van der Waals surface area contributed by atoms with Gasteiger partial charge in [0.2, 0.25) is 15.9 Å². The van der Waals surface area contributed by atoms with Gasteiger partial charge in [-0.2, -0.15) is 4.31 Å². The van der Waals surface area contributed by atoms with Crippen molar-refractivity contribution in [3.63, 3.8) is 0 Å². The van der Waals surface area contributed by atoms with Gasteiger partial charge in [-0.1, -0.05) is 0 Å². The molecule has 0 aromatic rings. The van der Waals surface area contributed by atoms with Gasteiger partial charge >= 0.3 is 5.97 Å². The Balaban J connectivity index is 4.06. The van der Waals surface area contributed by atoms with Crippen molar-refractivity contribution < 1.29 is 27.9 Å². The Bertz CT molecular complexity index is 409. The number of aliphatic carboxylic acids is 1. The summed E-state index contributed by atoms with van der Waals surface area (Å²) < 4.78 is 29.3. The van der Waals surface area contributed by atoms with Crippen LogP contribution >= 0.6 is 0 Å². The van der Waals surface area contributed by atoms with Crippen LogP contribution in [0, 0.1) is 0 Å².